The Morgan fingerprint density at radius 1 is 1.56 bits per heavy atom. The molecule has 0 N–H and O–H groups in total. The van der Waals surface area contributed by atoms with Crippen LogP contribution in [-0.4, -0.2) is 28.8 Å². The molecule has 0 aliphatic carbocycles. The average Bonchev–Trinajstić information content (AvgIpc) is 2.32. The van der Waals surface area contributed by atoms with Gasteiger partial charge >= 0.3 is 0 Å². The van der Waals surface area contributed by atoms with Crippen molar-refractivity contribution in [2.75, 3.05) is 18.0 Å². The van der Waals surface area contributed by atoms with Crippen LogP contribution in [0.4, 0.5) is 11.5 Å². The molecule has 96 valence electrons. The van der Waals surface area contributed by atoms with Gasteiger partial charge in [-0.25, -0.2) is 4.98 Å². The van der Waals surface area contributed by atoms with Crippen LogP contribution in [0.2, 0.25) is 0 Å². The van der Waals surface area contributed by atoms with Crippen LogP contribution in [0.5, 0.6) is 0 Å². The molecule has 0 saturated carbocycles. The molecule has 0 bridgehead atoms. The molecule has 18 heavy (non-hydrogen) atoms. The molecule has 2 rings (SSSR count). The first-order valence-electron chi connectivity index (χ1n) is 5.87. The van der Waals surface area contributed by atoms with Crippen LogP contribution in [0.1, 0.15) is 18.9 Å². The van der Waals surface area contributed by atoms with E-state index in [1.54, 1.807) is 6.92 Å². The molecule has 1 aliphatic rings. The molecule has 1 saturated heterocycles. The first kappa shape index (κ1) is 12.5. The first-order valence-corrected chi connectivity index (χ1v) is 5.87. The summed E-state index contributed by atoms with van der Waals surface area (Å²) in [5.74, 6) is 1.00. The van der Waals surface area contributed by atoms with Gasteiger partial charge in [0.2, 0.25) is 0 Å². The number of anilines is 1. The second kappa shape index (κ2) is 4.72. The molecule has 1 fully saturated rings. The quantitative estimate of drug-likeness (QED) is 0.589. The lowest BCUT2D eigenvalue weighted by Gasteiger charge is -2.31. The Morgan fingerprint density at radius 3 is 2.83 bits per heavy atom. The summed E-state index contributed by atoms with van der Waals surface area (Å²) in [4.78, 5) is 27.8. The van der Waals surface area contributed by atoms with Gasteiger partial charge in [-0.1, -0.05) is 6.92 Å². The number of hydrogen-bond donors (Lipinski definition) is 0. The summed E-state index contributed by atoms with van der Waals surface area (Å²) in [5.41, 5.74) is 0.767. The Balaban J connectivity index is 2.24. The molecule has 1 atom stereocenters. The number of Topliss-reactive ketones (excluding diaryl/α,β-unsaturated/α-hetero) is 1. The van der Waals surface area contributed by atoms with Crippen molar-refractivity contribution in [1.82, 2.24) is 4.98 Å². The van der Waals surface area contributed by atoms with E-state index in [0.29, 0.717) is 19.5 Å². The SMILES string of the molecule is Cc1cc([N+](=O)[O-])cnc1N1CCC(=O)C(C)C1. The molecule has 1 aliphatic heterocycles. The lowest BCUT2D eigenvalue weighted by Crippen LogP contribution is -2.40. The molecule has 6 heteroatoms. The molecule has 0 radical (unpaired) electrons. The van der Waals surface area contributed by atoms with Gasteiger partial charge in [0.1, 0.15) is 17.8 Å². The average molecular weight is 249 g/mol. The Bertz CT molecular complexity index is 501. The van der Waals surface area contributed by atoms with Gasteiger partial charge in [-0.2, -0.15) is 0 Å². The highest BCUT2D eigenvalue weighted by Gasteiger charge is 2.25. The summed E-state index contributed by atoms with van der Waals surface area (Å²) in [6.45, 7) is 4.96. The number of aromatic nitrogens is 1. The van der Waals surface area contributed by atoms with Crippen LogP contribution in [0.3, 0.4) is 0 Å². The summed E-state index contributed by atoms with van der Waals surface area (Å²) >= 11 is 0. The number of pyridine rings is 1. The maximum atomic E-state index is 11.5. The molecule has 0 aromatic carbocycles. The number of carbonyl (C=O) groups is 1. The van der Waals surface area contributed by atoms with Gasteiger partial charge < -0.3 is 4.90 Å². The van der Waals surface area contributed by atoms with Crippen molar-refractivity contribution < 1.29 is 9.72 Å². The molecule has 6 nitrogen and oxygen atoms in total. The third-order valence-corrected chi connectivity index (χ3v) is 3.22. The summed E-state index contributed by atoms with van der Waals surface area (Å²) in [7, 11) is 0. The summed E-state index contributed by atoms with van der Waals surface area (Å²) in [5, 5.41) is 10.6. The standard InChI is InChI=1S/C12H15N3O3/c1-8-5-10(15(17)18)6-13-12(8)14-4-3-11(16)9(2)7-14/h5-6,9H,3-4,7H2,1-2H3. The van der Waals surface area contributed by atoms with E-state index in [2.05, 4.69) is 4.98 Å². The molecule has 1 aromatic rings. The monoisotopic (exact) mass is 249 g/mol. The normalized spacial score (nSPS) is 20.0. The zero-order valence-corrected chi connectivity index (χ0v) is 10.4. The molecule has 0 spiro atoms. The van der Waals surface area contributed by atoms with Crippen LogP contribution in [0, 0.1) is 23.0 Å². The second-order valence-corrected chi connectivity index (χ2v) is 4.65. The third kappa shape index (κ3) is 2.32. The van der Waals surface area contributed by atoms with Crippen molar-refractivity contribution in [2.45, 2.75) is 20.3 Å². The van der Waals surface area contributed by atoms with Crippen LogP contribution in [0.15, 0.2) is 12.3 Å². The fraction of sp³-hybridized carbons (Fsp3) is 0.500. The van der Waals surface area contributed by atoms with Gasteiger partial charge in [0.25, 0.3) is 5.69 Å². The molecule has 0 amide bonds. The van der Waals surface area contributed by atoms with E-state index >= 15 is 0 Å². The largest absolute Gasteiger partial charge is 0.355 e. The summed E-state index contributed by atoms with van der Waals surface area (Å²) < 4.78 is 0. The molecule has 1 unspecified atom stereocenters. The Kier molecular flexibility index (Phi) is 3.27. The predicted molar refractivity (Wildman–Crippen MR) is 66.6 cm³/mol. The van der Waals surface area contributed by atoms with E-state index in [0.717, 1.165) is 11.4 Å². The molecule has 2 heterocycles. The van der Waals surface area contributed by atoms with Gasteiger partial charge in [-0.15, -0.1) is 0 Å². The number of piperidine rings is 1. The highest BCUT2D eigenvalue weighted by Crippen LogP contribution is 2.25. The minimum absolute atomic E-state index is 0.00242. The van der Waals surface area contributed by atoms with Gasteiger partial charge in [-0.3, -0.25) is 14.9 Å². The van der Waals surface area contributed by atoms with Gasteiger partial charge in [0.05, 0.1) is 4.92 Å². The van der Waals surface area contributed by atoms with E-state index in [9.17, 15) is 14.9 Å². The zero-order chi connectivity index (χ0) is 13.3. The van der Waals surface area contributed by atoms with Crippen molar-refractivity contribution in [3.63, 3.8) is 0 Å². The van der Waals surface area contributed by atoms with Crippen LogP contribution in [-0.2, 0) is 4.79 Å². The van der Waals surface area contributed by atoms with Crippen molar-refractivity contribution in [1.29, 1.82) is 0 Å². The molecule has 1 aromatic heterocycles. The number of hydrogen-bond acceptors (Lipinski definition) is 5. The third-order valence-electron chi connectivity index (χ3n) is 3.22. The van der Waals surface area contributed by atoms with Crippen molar-refractivity contribution in [3.8, 4) is 0 Å². The number of carbonyl (C=O) groups excluding carboxylic acids is 1. The van der Waals surface area contributed by atoms with Gasteiger partial charge in [-0.05, 0) is 12.5 Å². The van der Waals surface area contributed by atoms with E-state index in [1.165, 1.54) is 12.3 Å². The van der Waals surface area contributed by atoms with Gasteiger partial charge in [0.15, 0.2) is 0 Å². The number of rotatable bonds is 2. The maximum absolute atomic E-state index is 11.5. The minimum Gasteiger partial charge on any atom is -0.355 e. The highest BCUT2D eigenvalue weighted by molar-refractivity contribution is 5.83. The maximum Gasteiger partial charge on any atom is 0.287 e. The number of nitrogens with zero attached hydrogens (tertiary/aromatic N) is 3. The van der Waals surface area contributed by atoms with Crippen molar-refractivity contribution >= 4 is 17.3 Å². The van der Waals surface area contributed by atoms with E-state index < -0.39 is 4.92 Å². The number of aryl methyl sites for hydroxylation is 1. The smallest absolute Gasteiger partial charge is 0.287 e. The van der Waals surface area contributed by atoms with E-state index in [4.69, 9.17) is 0 Å². The Hall–Kier alpha value is -1.98. The van der Waals surface area contributed by atoms with Crippen LogP contribution >= 0.6 is 0 Å². The Morgan fingerprint density at radius 2 is 2.28 bits per heavy atom. The van der Waals surface area contributed by atoms with Gasteiger partial charge in [0, 0.05) is 31.5 Å². The predicted octanol–water partition coefficient (Wildman–Crippen LogP) is 1.71. The zero-order valence-electron chi connectivity index (χ0n) is 10.4. The fourth-order valence-corrected chi connectivity index (χ4v) is 2.19. The van der Waals surface area contributed by atoms with Crippen LogP contribution in [0.25, 0.3) is 0 Å². The van der Waals surface area contributed by atoms with Crippen molar-refractivity contribution in [3.05, 3.63) is 27.9 Å². The lowest BCUT2D eigenvalue weighted by atomic mass is 9.98. The van der Waals surface area contributed by atoms with Crippen molar-refractivity contribution in [2.24, 2.45) is 5.92 Å². The fourth-order valence-electron chi connectivity index (χ4n) is 2.19. The molecular weight excluding hydrogens is 234 g/mol. The van der Waals surface area contributed by atoms with E-state index in [-0.39, 0.29) is 17.4 Å². The lowest BCUT2D eigenvalue weighted by molar-refractivity contribution is -0.385. The summed E-state index contributed by atoms with van der Waals surface area (Å²) in [6.07, 6.45) is 1.78. The van der Waals surface area contributed by atoms with Crippen LogP contribution < -0.4 is 4.90 Å². The molecular formula is C12H15N3O3. The topological polar surface area (TPSA) is 76.3 Å². The summed E-state index contributed by atoms with van der Waals surface area (Å²) in [6, 6.07) is 1.52. The number of nitro groups is 1. The minimum atomic E-state index is -0.452. The second-order valence-electron chi connectivity index (χ2n) is 4.65. The first-order chi connectivity index (χ1) is 8.49. The highest BCUT2D eigenvalue weighted by atomic mass is 16.6. The van der Waals surface area contributed by atoms with E-state index in [1.807, 2.05) is 11.8 Å². The number of ketones is 1. The Labute approximate surface area is 105 Å².